The summed E-state index contributed by atoms with van der Waals surface area (Å²) in [5.41, 5.74) is 10.7. The van der Waals surface area contributed by atoms with E-state index in [-0.39, 0.29) is 0 Å². The van der Waals surface area contributed by atoms with Crippen molar-refractivity contribution < 1.29 is 4.74 Å². The lowest BCUT2D eigenvalue weighted by atomic mass is 10.1. The number of aryl methyl sites for hydroxylation is 2. The summed E-state index contributed by atoms with van der Waals surface area (Å²) in [6, 6.07) is 3.88. The van der Waals surface area contributed by atoms with Crippen molar-refractivity contribution in [1.29, 1.82) is 0 Å². The topological polar surface area (TPSA) is 70.3 Å². The van der Waals surface area contributed by atoms with Crippen molar-refractivity contribution >= 4 is 28.6 Å². The molecule has 0 fully saturated rings. The minimum atomic E-state index is 0.339. The van der Waals surface area contributed by atoms with E-state index < -0.39 is 0 Å². The number of benzene rings is 1. The summed E-state index contributed by atoms with van der Waals surface area (Å²) in [5, 5.41) is 0.620. The zero-order valence-corrected chi connectivity index (χ0v) is 14.7. The van der Waals surface area contributed by atoms with Crippen LogP contribution >= 0.6 is 0 Å². The van der Waals surface area contributed by atoms with Crippen LogP contribution in [0.25, 0.3) is 27.6 Å². The van der Waals surface area contributed by atoms with Crippen molar-refractivity contribution in [3.05, 3.63) is 52.8 Å². The molecule has 0 saturated carbocycles. The molecule has 2 N–H and O–H groups in total. The smallest absolute Gasteiger partial charge is 0.239 e. The molecular formula is C19H19N5O. The van der Waals surface area contributed by atoms with Gasteiger partial charge in [0.05, 0.1) is 30.4 Å². The van der Waals surface area contributed by atoms with Crippen LogP contribution in [0.15, 0.2) is 18.7 Å². The van der Waals surface area contributed by atoms with Crippen LogP contribution in [0.1, 0.15) is 22.6 Å². The van der Waals surface area contributed by atoms with Gasteiger partial charge in [0.1, 0.15) is 23.0 Å². The standard InChI is InChI=1S/C19H19N5O/c1-7-13-15-16(21-5)18(20)24(19(15)23-12(4)22-13)17-10(2)8-9-14(25-6)11(17)3/h7-9H,1,20H2,2-4,6H3. The maximum atomic E-state index is 7.57. The monoisotopic (exact) mass is 333 g/mol. The molecule has 0 radical (unpaired) electrons. The molecule has 0 bridgehead atoms. The molecule has 6 nitrogen and oxygen atoms in total. The highest BCUT2D eigenvalue weighted by Crippen LogP contribution is 2.41. The Hall–Kier alpha value is -3.33. The average Bonchev–Trinajstić information content (AvgIpc) is 2.86. The molecule has 0 amide bonds. The molecule has 2 aromatic heterocycles. The SMILES string of the molecule is [C-]#[N+]c1c(N)n(-c2c(C)ccc(OC)c2C)c2nc(C)nc(C=C)c12. The van der Waals surface area contributed by atoms with Crippen LogP contribution in [0.2, 0.25) is 0 Å². The van der Waals surface area contributed by atoms with E-state index in [1.165, 1.54) is 0 Å². The first-order valence-electron chi connectivity index (χ1n) is 7.77. The predicted octanol–water partition coefficient (Wildman–Crippen LogP) is 4.13. The van der Waals surface area contributed by atoms with Gasteiger partial charge in [0, 0.05) is 5.56 Å². The molecule has 0 aliphatic carbocycles. The van der Waals surface area contributed by atoms with Crippen molar-refractivity contribution in [2.45, 2.75) is 20.8 Å². The highest BCUT2D eigenvalue weighted by Gasteiger charge is 2.23. The van der Waals surface area contributed by atoms with Crippen LogP contribution in [-0.4, -0.2) is 21.6 Å². The molecule has 0 atom stereocenters. The van der Waals surface area contributed by atoms with E-state index in [9.17, 15) is 0 Å². The summed E-state index contributed by atoms with van der Waals surface area (Å²) in [4.78, 5) is 12.6. The van der Waals surface area contributed by atoms with Crippen molar-refractivity contribution in [3.8, 4) is 11.4 Å². The molecule has 6 heteroatoms. The van der Waals surface area contributed by atoms with E-state index in [0.717, 1.165) is 22.6 Å². The fraction of sp³-hybridized carbons (Fsp3) is 0.211. The molecule has 0 aliphatic heterocycles. The van der Waals surface area contributed by atoms with E-state index in [2.05, 4.69) is 21.4 Å². The molecular weight excluding hydrogens is 314 g/mol. The number of rotatable bonds is 3. The van der Waals surface area contributed by atoms with Gasteiger partial charge in [0.15, 0.2) is 0 Å². The number of nitrogens with two attached hydrogens (primary N) is 1. The van der Waals surface area contributed by atoms with Crippen molar-refractivity contribution in [3.63, 3.8) is 0 Å². The Bertz CT molecular complexity index is 1060. The molecule has 2 heterocycles. The summed E-state index contributed by atoms with van der Waals surface area (Å²) < 4.78 is 7.27. The van der Waals surface area contributed by atoms with Gasteiger partial charge < -0.3 is 10.5 Å². The van der Waals surface area contributed by atoms with Gasteiger partial charge in [-0.15, -0.1) is 0 Å². The third-order valence-electron chi connectivity index (χ3n) is 4.29. The Balaban J connectivity index is 2.56. The molecule has 0 spiro atoms. The number of hydrogen-bond donors (Lipinski definition) is 1. The van der Waals surface area contributed by atoms with Crippen molar-refractivity contribution in [2.75, 3.05) is 12.8 Å². The number of methoxy groups -OCH3 is 1. The molecule has 3 rings (SSSR count). The van der Waals surface area contributed by atoms with Crippen LogP contribution in [0.3, 0.4) is 0 Å². The van der Waals surface area contributed by atoms with Crippen LogP contribution in [0.4, 0.5) is 11.5 Å². The molecule has 3 aromatic rings. The Kier molecular flexibility index (Phi) is 3.93. The zero-order chi connectivity index (χ0) is 18.3. The lowest BCUT2D eigenvalue weighted by Crippen LogP contribution is -2.07. The Morgan fingerprint density at radius 2 is 2.00 bits per heavy atom. The van der Waals surface area contributed by atoms with Crippen molar-refractivity contribution in [2.24, 2.45) is 0 Å². The second-order valence-electron chi connectivity index (χ2n) is 5.80. The first-order valence-corrected chi connectivity index (χ1v) is 7.77. The molecule has 126 valence electrons. The minimum Gasteiger partial charge on any atom is -0.496 e. The van der Waals surface area contributed by atoms with Gasteiger partial charge in [-0.1, -0.05) is 12.6 Å². The number of fused-ring (bicyclic) bond motifs is 1. The van der Waals surface area contributed by atoms with Gasteiger partial charge in [-0.3, -0.25) is 4.57 Å². The number of nitrogen functional groups attached to an aromatic ring is 1. The van der Waals surface area contributed by atoms with Crippen LogP contribution in [0.5, 0.6) is 5.75 Å². The summed E-state index contributed by atoms with van der Waals surface area (Å²) in [5.74, 6) is 1.68. The van der Waals surface area contributed by atoms with E-state index in [4.69, 9.17) is 17.0 Å². The molecule has 0 saturated heterocycles. The molecule has 0 unspecified atom stereocenters. The lowest BCUT2D eigenvalue weighted by molar-refractivity contribution is 0.411. The fourth-order valence-corrected chi connectivity index (χ4v) is 3.19. The summed E-state index contributed by atoms with van der Waals surface area (Å²) >= 11 is 0. The maximum Gasteiger partial charge on any atom is 0.239 e. The second kappa shape index (κ2) is 5.95. The number of ether oxygens (including phenoxy) is 1. The summed E-state index contributed by atoms with van der Waals surface area (Å²) in [6.07, 6.45) is 1.63. The minimum absolute atomic E-state index is 0.339. The fourth-order valence-electron chi connectivity index (χ4n) is 3.19. The van der Waals surface area contributed by atoms with Crippen LogP contribution in [-0.2, 0) is 0 Å². The van der Waals surface area contributed by atoms with Crippen LogP contribution in [0, 0.1) is 27.3 Å². The highest BCUT2D eigenvalue weighted by molar-refractivity contribution is 6.04. The van der Waals surface area contributed by atoms with Gasteiger partial charge in [0.25, 0.3) is 0 Å². The Morgan fingerprint density at radius 3 is 2.60 bits per heavy atom. The second-order valence-corrected chi connectivity index (χ2v) is 5.80. The quantitative estimate of drug-likeness (QED) is 0.732. The van der Waals surface area contributed by atoms with E-state index in [1.807, 2.05) is 37.5 Å². The van der Waals surface area contributed by atoms with Gasteiger partial charge in [-0.25, -0.2) is 14.8 Å². The first kappa shape index (κ1) is 16.5. The van der Waals surface area contributed by atoms with E-state index in [0.29, 0.717) is 34.1 Å². The van der Waals surface area contributed by atoms with Gasteiger partial charge >= 0.3 is 0 Å². The molecule has 1 aromatic carbocycles. The number of hydrogen-bond acceptors (Lipinski definition) is 4. The third kappa shape index (κ3) is 2.32. The summed E-state index contributed by atoms with van der Waals surface area (Å²) in [7, 11) is 1.63. The predicted molar refractivity (Wildman–Crippen MR) is 100 cm³/mol. The van der Waals surface area contributed by atoms with Crippen LogP contribution < -0.4 is 10.5 Å². The maximum absolute atomic E-state index is 7.57. The van der Waals surface area contributed by atoms with Crippen molar-refractivity contribution in [1.82, 2.24) is 14.5 Å². The molecule has 25 heavy (non-hydrogen) atoms. The van der Waals surface area contributed by atoms with E-state index >= 15 is 0 Å². The average molecular weight is 333 g/mol. The Labute approximate surface area is 146 Å². The van der Waals surface area contributed by atoms with Gasteiger partial charge in [-0.2, -0.15) is 0 Å². The van der Waals surface area contributed by atoms with Gasteiger partial charge in [0.2, 0.25) is 5.69 Å². The zero-order valence-electron chi connectivity index (χ0n) is 14.7. The first-order chi connectivity index (χ1) is 11.9. The van der Waals surface area contributed by atoms with E-state index in [1.54, 1.807) is 13.2 Å². The molecule has 0 aliphatic rings. The normalized spacial score (nSPS) is 10.7. The highest BCUT2D eigenvalue weighted by atomic mass is 16.5. The number of anilines is 1. The lowest BCUT2D eigenvalue weighted by Gasteiger charge is -2.17. The summed E-state index contributed by atoms with van der Waals surface area (Å²) in [6.45, 7) is 17.1. The largest absolute Gasteiger partial charge is 0.496 e. The number of nitrogens with zero attached hydrogens (tertiary/aromatic N) is 4. The van der Waals surface area contributed by atoms with Gasteiger partial charge in [-0.05, 0) is 38.5 Å². The third-order valence-corrected chi connectivity index (χ3v) is 4.29. The number of aromatic nitrogens is 3. The Morgan fingerprint density at radius 1 is 1.28 bits per heavy atom.